The van der Waals surface area contributed by atoms with Crippen molar-refractivity contribution in [1.82, 2.24) is 0 Å². The summed E-state index contributed by atoms with van der Waals surface area (Å²) in [6, 6.07) is 1.80. The van der Waals surface area contributed by atoms with Gasteiger partial charge in [-0.2, -0.15) is 0 Å². The molecule has 0 bridgehead atoms. The Kier molecular flexibility index (Phi) is 3.84. The van der Waals surface area contributed by atoms with E-state index in [9.17, 15) is 14.5 Å². The van der Waals surface area contributed by atoms with E-state index in [0.717, 1.165) is 6.07 Å². The number of benzene rings is 1. The van der Waals surface area contributed by atoms with Gasteiger partial charge in [-0.3, -0.25) is 10.1 Å². The van der Waals surface area contributed by atoms with Crippen molar-refractivity contribution in [2.75, 3.05) is 5.32 Å². The monoisotopic (exact) mass is 244 g/mol. The van der Waals surface area contributed by atoms with E-state index >= 15 is 0 Å². The predicted octanol–water partition coefficient (Wildman–Crippen LogP) is 3.37. The number of hydrogen-bond acceptors (Lipinski definition) is 3. The van der Waals surface area contributed by atoms with Crippen LogP contribution in [0.5, 0.6) is 0 Å². The summed E-state index contributed by atoms with van der Waals surface area (Å²) in [7, 11) is 0. The van der Waals surface area contributed by atoms with Crippen LogP contribution in [0, 0.1) is 15.9 Å². The largest absolute Gasteiger partial charge is 0.374 e. The maximum Gasteiger partial charge on any atom is 0.295 e. The van der Waals surface area contributed by atoms with E-state index in [4.69, 9.17) is 11.6 Å². The molecule has 0 aliphatic carbocycles. The highest BCUT2D eigenvalue weighted by Gasteiger charge is 2.18. The molecule has 1 aromatic carbocycles. The minimum absolute atomic E-state index is 0.163. The Bertz CT molecular complexity index is 437. The van der Waals surface area contributed by atoms with E-state index in [1.807, 2.05) is 0 Å². The lowest BCUT2D eigenvalue weighted by molar-refractivity contribution is -0.384. The van der Waals surface area contributed by atoms with Crippen LogP contribution in [-0.2, 0) is 0 Å². The molecule has 1 rings (SSSR count). The molecular formula is C10H10ClFN2O2. The minimum Gasteiger partial charge on any atom is -0.374 e. The van der Waals surface area contributed by atoms with Crippen molar-refractivity contribution in [2.45, 2.75) is 13.0 Å². The number of anilines is 1. The lowest BCUT2D eigenvalue weighted by Crippen LogP contribution is -2.12. The zero-order chi connectivity index (χ0) is 12.3. The summed E-state index contributed by atoms with van der Waals surface area (Å²) in [5.41, 5.74) is -0.181. The van der Waals surface area contributed by atoms with Gasteiger partial charge in [0.15, 0.2) is 0 Å². The molecule has 16 heavy (non-hydrogen) atoms. The van der Waals surface area contributed by atoms with Crippen LogP contribution in [0.4, 0.5) is 15.8 Å². The molecule has 0 heterocycles. The van der Waals surface area contributed by atoms with Crippen molar-refractivity contribution >= 4 is 23.0 Å². The maximum atomic E-state index is 13.1. The zero-order valence-corrected chi connectivity index (χ0v) is 9.29. The van der Waals surface area contributed by atoms with Gasteiger partial charge in [-0.05, 0) is 13.0 Å². The number of nitrogens with one attached hydrogen (secondary N) is 1. The summed E-state index contributed by atoms with van der Waals surface area (Å²) in [5.74, 6) is -0.815. The van der Waals surface area contributed by atoms with Crippen LogP contribution < -0.4 is 5.32 Å². The number of hydrogen-bond donors (Lipinski definition) is 1. The zero-order valence-electron chi connectivity index (χ0n) is 8.54. The first-order chi connectivity index (χ1) is 7.45. The summed E-state index contributed by atoms with van der Waals surface area (Å²) in [4.78, 5) is 10.0. The first kappa shape index (κ1) is 12.4. The standard InChI is InChI=1S/C10H10ClFN2O2/c1-3-6(2)13-9-4-7(11)8(12)5-10(9)14(15)16/h3-6,13H,1H2,2H3. The highest BCUT2D eigenvalue weighted by atomic mass is 35.5. The highest BCUT2D eigenvalue weighted by molar-refractivity contribution is 6.31. The third kappa shape index (κ3) is 2.70. The molecule has 86 valence electrons. The van der Waals surface area contributed by atoms with Crippen LogP contribution >= 0.6 is 11.6 Å². The number of rotatable bonds is 4. The molecule has 0 saturated heterocycles. The Morgan fingerprint density at radius 3 is 2.81 bits per heavy atom. The first-order valence-electron chi connectivity index (χ1n) is 4.48. The van der Waals surface area contributed by atoms with Crippen molar-refractivity contribution in [2.24, 2.45) is 0 Å². The van der Waals surface area contributed by atoms with Gasteiger partial charge in [0.25, 0.3) is 5.69 Å². The number of halogens is 2. The molecule has 0 fully saturated rings. The average Bonchev–Trinajstić information content (AvgIpc) is 2.22. The van der Waals surface area contributed by atoms with E-state index in [0.29, 0.717) is 0 Å². The molecule has 0 radical (unpaired) electrons. The molecule has 1 N–H and O–H groups in total. The molecule has 0 aliphatic heterocycles. The van der Waals surface area contributed by atoms with Gasteiger partial charge in [0.2, 0.25) is 0 Å². The van der Waals surface area contributed by atoms with Crippen molar-refractivity contribution in [3.8, 4) is 0 Å². The van der Waals surface area contributed by atoms with Crippen molar-refractivity contribution < 1.29 is 9.31 Å². The molecule has 1 aromatic rings. The number of nitro benzene ring substituents is 1. The van der Waals surface area contributed by atoms with Crippen LogP contribution in [-0.4, -0.2) is 11.0 Å². The molecule has 1 atom stereocenters. The first-order valence-corrected chi connectivity index (χ1v) is 4.86. The van der Waals surface area contributed by atoms with E-state index in [1.54, 1.807) is 13.0 Å². The SMILES string of the molecule is C=CC(C)Nc1cc(Cl)c(F)cc1[N+](=O)[O-]. The summed E-state index contributed by atoms with van der Waals surface area (Å²) < 4.78 is 13.1. The van der Waals surface area contributed by atoms with E-state index in [2.05, 4.69) is 11.9 Å². The van der Waals surface area contributed by atoms with Gasteiger partial charge in [-0.25, -0.2) is 4.39 Å². The van der Waals surface area contributed by atoms with Gasteiger partial charge in [0.05, 0.1) is 16.0 Å². The smallest absolute Gasteiger partial charge is 0.295 e. The normalized spacial score (nSPS) is 11.9. The molecule has 0 aromatic heterocycles. The van der Waals surface area contributed by atoms with Crippen LogP contribution in [0.25, 0.3) is 0 Å². The van der Waals surface area contributed by atoms with Crippen LogP contribution in [0.15, 0.2) is 24.8 Å². The van der Waals surface area contributed by atoms with Gasteiger partial charge >= 0.3 is 0 Å². The van der Waals surface area contributed by atoms with Crippen LogP contribution in [0.2, 0.25) is 5.02 Å². The molecule has 0 saturated carbocycles. The van der Waals surface area contributed by atoms with Crippen molar-refractivity contribution in [1.29, 1.82) is 0 Å². The van der Waals surface area contributed by atoms with E-state index < -0.39 is 10.7 Å². The quantitative estimate of drug-likeness (QED) is 0.502. The van der Waals surface area contributed by atoms with Gasteiger partial charge < -0.3 is 5.32 Å². The highest BCUT2D eigenvalue weighted by Crippen LogP contribution is 2.30. The molecule has 0 amide bonds. The van der Waals surface area contributed by atoms with E-state index in [1.165, 1.54) is 6.07 Å². The van der Waals surface area contributed by atoms with Crippen molar-refractivity contribution in [3.05, 3.63) is 45.7 Å². The Labute approximate surface area is 96.9 Å². The Balaban J connectivity index is 3.19. The number of nitro groups is 1. The fraction of sp³-hybridized carbons (Fsp3) is 0.200. The van der Waals surface area contributed by atoms with Crippen LogP contribution in [0.3, 0.4) is 0 Å². The molecule has 4 nitrogen and oxygen atoms in total. The van der Waals surface area contributed by atoms with Gasteiger partial charge in [0, 0.05) is 6.04 Å². The molecule has 0 aliphatic rings. The second-order valence-corrected chi connectivity index (χ2v) is 3.62. The Hall–Kier alpha value is -1.62. The molecular weight excluding hydrogens is 235 g/mol. The van der Waals surface area contributed by atoms with Crippen LogP contribution in [0.1, 0.15) is 6.92 Å². The second-order valence-electron chi connectivity index (χ2n) is 3.21. The fourth-order valence-corrected chi connectivity index (χ4v) is 1.27. The molecule has 1 unspecified atom stereocenters. The average molecular weight is 245 g/mol. The summed E-state index contributed by atoms with van der Waals surface area (Å²) in [6.45, 7) is 5.29. The summed E-state index contributed by atoms with van der Waals surface area (Å²) in [5, 5.41) is 13.3. The third-order valence-corrected chi connectivity index (χ3v) is 2.26. The van der Waals surface area contributed by atoms with Gasteiger partial charge in [-0.15, -0.1) is 6.58 Å². The van der Waals surface area contributed by atoms with Gasteiger partial charge in [-0.1, -0.05) is 17.7 Å². The topological polar surface area (TPSA) is 55.2 Å². The summed E-state index contributed by atoms with van der Waals surface area (Å²) in [6.07, 6.45) is 1.57. The number of nitrogens with zero attached hydrogens (tertiary/aromatic N) is 1. The Morgan fingerprint density at radius 1 is 1.69 bits per heavy atom. The predicted molar refractivity (Wildman–Crippen MR) is 61.3 cm³/mol. The fourth-order valence-electron chi connectivity index (χ4n) is 1.11. The van der Waals surface area contributed by atoms with E-state index in [-0.39, 0.29) is 22.4 Å². The van der Waals surface area contributed by atoms with Gasteiger partial charge in [0.1, 0.15) is 11.5 Å². The maximum absolute atomic E-state index is 13.1. The Morgan fingerprint density at radius 2 is 2.31 bits per heavy atom. The lowest BCUT2D eigenvalue weighted by atomic mass is 10.2. The summed E-state index contributed by atoms with van der Waals surface area (Å²) >= 11 is 5.55. The molecule has 6 heteroatoms. The third-order valence-electron chi connectivity index (χ3n) is 1.97. The van der Waals surface area contributed by atoms with Crippen molar-refractivity contribution in [3.63, 3.8) is 0 Å². The minimum atomic E-state index is -0.815. The second kappa shape index (κ2) is 4.94. The molecule has 0 spiro atoms. The lowest BCUT2D eigenvalue weighted by Gasteiger charge is -2.11.